The summed E-state index contributed by atoms with van der Waals surface area (Å²) < 4.78 is 6.63. The molecule has 2 saturated heterocycles. The number of nitrogens with one attached hydrogen (secondary N) is 1. The molecule has 4 rings (SSSR count). The molecule has 0 bridgehead atoms. The molecule has 1 aromatic heterocycles. The molecule has 0 radical (unpaired) electrons. The van der Waals surface area contributed by atoms with Crippen LogP contribution in [0.2, 0.25) is 0 Å². The Kier molecular flexibility index (Phi) is 6.49. The Bertz CT molecular complexity index is 689. The van der Waals surface area contributed by atoms with Gasteiger partial charge in [-0.15, -0.1) is 12.4 Å². The van der Waals surface area contributed by atoms with Gasteiger partial charge < -0.3 is 9.84 Å². The second kappa shape index (κ2) is 8.62. The average Bonchev–Trinajstić information content (AvgIpc) is 3.25. The minimum Gasteiger partial charge on any atom is -0.337 e. The fourth-order valence-electron chi connectivity index (χ4n) is 3.86. The van der Waals surface area contributed by atoms with Gasteiger partial charge in [0.2, 0.25) is 11.7 Å². The van der Waals surface area contributed by atoms with Gasteiger partial charge in [-0.25, -0.2) is 0 Å². The number of benzene rings is 1. The first kappa shape index (κ1) is 18.8. The van der Waals surface area contributed by atoms with Crippen molar-refractivity contribution in [1.29, 1.82) is 0 Å². The Balaban J connectivity index is 0.00000182. The maximum atomic E-state index is 5.64. The van der Waals surface area contributed by atoms with E-state index < -0.39 is 0 Å². The molecule has 2 unspecified atom stereocenters. The van der Waals surface area contributed by atoms with E-state index in [1.807, 2.05) is 24.3 Å². The Morgan fingerprint density at radius 1 is 1.24 bits per heavy atom. The highest BCUT2D eigenvalue weighted by molar-refractivity contribution is 9.10. The standard InChI is InChI=1S/C18H23BrN4O.ClH/c19-15-7-2-1-6-14(15)17-21-18(24-22-17)16-8-4-10-23(16)12-13-5-3-9-20-11-13;/h1-2,6-7,13,16,20H,3-5,8-12H2;1H. The molecule has 2 fully saturated rings. The van der Waals surface area contributed by atoms with E-state index >= 15 is 0 Å². The van der Waals surface area contributed by atoms with Crippen LogP contribution in [0.3, 0.4) is 0 Å². The van der Waals surface area contributed by atoms with Gasteiger partial charge in [-0.2, -0.15) is 4.98 Å². The maximum absolute atomic E-state index is 5.64. The van der Waals surface area contributed by atoms with E-state index in [1.165, 1.54) is 25.8 Å². The molecule has 2 aliphatic heterocycles. The van der Waals surface area contributed by atoms with Crippen molar-refractivity contribution < 1.29 is 4.52 Å². The fourth-order valence-corrected chi connectivity index (χ4v) is 4.32. The molecule has 0 amide bonds. The molecular formula is C18H24BrClN4O. The third-order valence-corrected chi connectivity index (χ3v) is 5.79. The molecule has 1 aromatic carbocycles. The Labute approximate surface area is 163 Å². The first-order valence-corrected chi connectivity index (χ1v) is 9.64. The van der Waals surface area contributed by atoms with Crippen LogP contribution in [-0.2, 0) is 0 Å². The van der Waals surface area contributed by atoms with Crippen LogP contribution >= 0.6 is 28.3 Å². The highest BCUT2D eigenvalue weighted by Gasteiger charge is 2.32. The Morgan fingerprint density at radius 2 is 2.12 bits per heavy atom. The van der Waals surface area contributed by atoms with Crippen LogP contribution < -0.4 is 5.32 Å². The van der Waals surface area contributed by atoms with Gasteiger partial charge in [0.15, 0.2) is 0 Å². The molecule has 7 heteroatoms. The number of piperidine rings is 1. The topological polar surface area (TPSA) is 54.2 Å². The summed E-state index contributed by atoms with van der Waals surface area (Å²) in [5.74, 6) is 2.18. The van der Waals surface area contributed by atoms with E-state index in [1.54, 1.807) is 0 Å². The van der Waals surface area contributed by atoms with Crippen LogP contribution in [0.15, 0.2) is 33.3 Å². The lowest BCUT2D eigenvalue weighted by atomic mass is 9.99. The lowest BCUT2D eigenvalue weighted by Crippen LogP contribution is -2.38. The third-order valence-electron chi connectivity index (χ3n) is 5.10. The summed E-state index contributed by atoms with van der Waals surface area (Å²) in [5.41, 5.74) is 0.980. The summed E-state index contributed by atoms with van der Waals surface area (Å²) in [6.07, 6.45) is 4.92. The number of hydrogen-bond acceptors (Lipinski definition) is 5. The van der Waals surface area contributed by atoms with Crippen LogP contribution in [0.25, 0.3) is 11.4 Å². The van der Waals surface area contributed by atoms with Crippen molar-refractivity contribution in [1.82, 2.24) is 20.4 Å². The lowest BCUT2D eigenvalue weighted by molar-refractivity contribution is 0.168. The van der Waals surface area contributed by atoms with Gasteiger partial charge in [-0.1, -0.05) is 33.2 Å². The maximum Gasteiger partial charge on any atom is 0.244 e. The van der Waals surface area contributed by atoms with Gasteiger partial charge in [0.1, 0.15) is 0 Å². The van der Waals surface area contributed by atoms with Crippen LogP contribution in [0.5, 0.6) is 0 Å². The lowest BCUT2D eigenvalue weighted by Gasteiger charge is -2.29. The fraction of sp³-hybridized carbons (Fsp3) is 0.556. The van der Waals surface area contributed by atoms with Crippen LogP contribution in [0.4, 0.5) is 0 Å². The van der Waals surface area contributed by atoms with Crippen molar-refractivity contribution in [2.75, 3.05) is 26.2 Å². The van der Waals surface area contributed by atoms with Gasteiger partial charge >= 0.3 is 0 Å². The zero-order valence-corrected chi connectivity index (χ0v) is 16.6. The van der Waals surface area contributed by atoms with Gasteiger partial charge in [0.05, 0.1) is 6.04 Å². The van der Waals surface area contributed by atoms with Crippen molar-refractivity contribution in [3.8, 4) is 11.4 Å². The highest BCUT2D eigenvalue weighted by atomic mass is 79.9. The summed E-state index contributed by atoms with van der Waals surface area (Å²) in [4.78, 5) is 7.24. The highest BCUT2D eigenvalue weighted by Crippen LogP contribution is 2.34. The van der Waals surface area contributed by atoms with Crippen LogP contribution in [0.1, 0.15) is 37.6 Å². The Hall–Kier alpha value is -0.950. The minimum atomic E-state index is 0. The molecule has 2 aliphatic rings. The van der Waals surface area contributed by atoms with Crippen molar-refractivity contribution in [2.24, 2.45) is 5.92 Å². The first-order valence-electron chi connectivity index (χ1n) is 8.84. The van der Waals surface area contributed by atoms with E-state index in [2.05, 4.69) is 31.3 Å². The summed E-state index contributed by atoms with van der Waals surface area (Å²) in [6.45, 7) is 4.56. The molecule has 0 saturated carbocycles. The molecule has 25 heavy (non-hydrogen) atoms. The smallest absolute Gasteiger partial charge is 0.244 e. The molecule has 1 N–H and O–H groups in total. The van der Waals surface area contributed by atoms with Gasteiger partial charge in [0, 0.05) is 16.6 Å². The number of aromatic nitrogens is 2. The Morgan fingerprint density at radius 3 is 2.92 bits per heavy atom. The number of hydrogen-bond donors (Lipinski definition) is 1. The normalized spacial score (nSPS) is 24.2. The van der Waals surface area contributed by atoms with Crippen molar-refractivity contribution >= 4 is 28.3 Å². The van der Waals surface area contributed by atoms with Gasteiger partial charge in [-0.3, -0.25) is 4.90 Å². The van der Waals surface area contributed by atoms with E-state index in [4.69, 9.17) is 9.51 Å². The van der Waals surface area contributed by atoms with E-state index in [0.717, 1.165) is 47.9 Å². The summed E-state index contributed by atoms with van der Waals surface area (Å²) in [6, 6.07) is 8.28. The second-order valence-electron chi connectivity index (χ2n) is 6.80. The number of rotatable bonds is 4. The largest absolute Gasteiger partial charge is 0.337 e. The first-order chi connectivity index (χ1) is 11.8. The summed E-state index contributed by atoms with van der Waals surface area (Å²) >= 11 is 3.56. The molecule has 3 heterocycles. The predicted molar refractivity (Wildman–Crippen MR) is 104 cm³/mol. The monoisotopic (exact) mass is 426 g/mol. The quantitative estimate of drug-likeness (QED) is 0.797. The molecule has 0 spiro atoms. The predicted octanol–water partition coefficient (Wildman–Crippen LogP) is 4.06. The molecule has 136 valence electrons. The van der Waals surface area contributed by atoms with Crippen LogP contribution in [0, 0.1) is 5.92 Å². The molecule has 5 nitrogen and oxygen atoms in total. The van der Waals surface area contributed by atoms with Gasteiger partial charge in [-0.05, 0) is 63.4 Å². The average molecular weight is 428 g/mol. The summed E-state index contributed by atoms with van der Waals surface area (Å²) in [5, 5.41) is 7.73. The van der Waals surface area contributed by atoms with E-state index in [9.17, 15) is 0 Å². The zero-order valence-electron chi connectivity index (χ0n) is 14.2. The molecule has 2 atom stereocenters. The molecular weight excluding hydrogens is 404 g/mol. The van der Waals surface area contributed by atoms with Crippen molar-refractivity contribution in [3.63, 3.8) is 0 Å². The van der Waals surface area contributed by atoms with E-state index in [-0.39, 0.29) is 18.4 Å². The summed E-state index contributed by atoms with van der Waals surface area (Å²) in [7, 11) is 0. The third kappa shape index (κ3) is 4.25. The second-order valence-corrected chi connectivity index (χ2v) is 7.66. The SMILES string of the molecule is Brc1ccccc1-c1noc(C2CCCN2CC2CCCNC2)n1.Cl. The molecule has 2 aromatic rings. The number of halogens is 2. The van der Waals surface area contributed by atoms with E-state index in [0.29, 0.717) is 5.82 Å². The van der Waals surface area contributed by atoms with Crippen LogP contribution in [-0.4, -0.2) is 41.2 Å². The van der Waals surface area contributed by atoms with Crippen molar-refractivity contribution in [3.05, 3.63) is 34.6 Å². The number of likely N-dealkylation sites (tertiary alicyclic amines) is 1. The van der Waals surface area contributed by atoms with Crippen molar-refractivity contribution in [2.45, 2.75) is 31.7 Å². The zero-order chi connectivity index (χ0) is 16.4. The minimum absolute atomic E-state index is 0. The number of nitrogens with zero attached hydrogens (tertiary/aromatic N) is 3. The molecule has 0 aliphatic carbocycles. The van der Waals surface area contributed by atoms with Gasteiger partial charge in [0.25, 0.3) is 0 Å².